The lowest BCUT2D eigenvalue weighted by atomic mass is 10.1. The Bertz CT molecular complexity index is 853. The molecule has 29 heavy (non-hydrogen) atoms. The third-order valence-electron chi connectivity index (χ3n) is 4.91. The number of nitrogens with one attached hydrogen (secondary N) is 1. The SMILES string of the molecule is CCN(CC(=O)NC(C)(C)C)C(=O)c1cc(S(=O)(=O)N2CCCCC2)ccc1C. The highest BCUT2D eigenvalue weighted by Gasteiger charge is 2.28. The maximum atomic E-state index is 13.1. The van der Waals surface area contributed by atoms with E-state index in [1.807, 2.05) is 20.8 Å². The van der Waals surface area contributed by atoms with Crippen LogP contribution in [0.3, 0.4) is 0 Å². The lowest BCUT2D eigenvalue weighted by Crippen LogP contribution is -2.47. The molecule has 0 saturated carbocycles. The molecule has 0 atom stereocenters. The number of nitrogens with zero attached hydrogens (tertiary/aromatic N) is 2. The molecule has 0 aromatic heterocycles. The number of rotatable bonds is 6. The summed E-state index contributed by atoms with van der Waals surface area (Å²) in [5.74, 6) is -0.591. The van der Waals surface area contributed by atoms with Gasteiger partial charge >= 0.3 is 0 Å². The lowest BCUT2D eigenvalue weighted by Gasteiger charge is -2.27. The Hall–Kier alpha value is -1.93. The van der Waals surface area contributed by atoms with E-state index in [9.17, 15) is 18.0 Å². The van der Waals surface area contributed by atoms with Crippen molar-refractivity contribution in [3.8, 4) is 0 Å². The first-order chi connectivity index (χ1) is 13.5. The summed E-state index contributed by atoms with van der Waals surface area (Å²) in [5, 5.41) is 2.85. The highest BCUT2D eigenvalue weighted by molar-refractivity contribution is 7.89. The van der Waals surface area contributed by atoms with Crippen molar-refractivity contribution in [2.45, 2.75) is 64.3 Å². The minimum Gasteiger partial charge on any atom is -0.350 e. The van der Waals surface area contributed by atoms with Crippen LogP contribution in [0.25, 0.3) is 0 Å². The number of likely N-dealkylation sites (N-methyl/N-ethyl adjacent to an activating group) is 1. The zero-order chi connectivity index (χ0) is 21.8. The molecule has 162 valence electrons. The second-order valence-electron chi connectivity index (χ2n) is 8.56. The van der Waals surface area contributed by atoms with Gasteiger partial charge in [0, 0.05) is 30.7 Å². The molecule has 1 aliphatic rings. The number of carbonyl (C=O) groups is 2. The molecule has 0 radical (unpaired) electrons. The standard InChI is InChI=1S/C21H33N3O4S/c1-6-23(15-19(25)22-21(3,4)5)20(26)18-14-17(11-10-16(18)2)29(27,28)24-12-8-7-9-13-24/h10-11,14H,6-9,12-13,15H2,1-5H3,(H,22,25). The van der Waals surface area contributed by atoms with E-state index in [1.54, 1.807) is 26.0 Å². The van der Waals surface area contributed by atoms with Crippen molar-refractivity contribution >= 4 is 21.8 Å². The van der Waals surface area contributed by atoms with Gasteiger partial charge in [0.2, 0.25) is 15.9 Å². The molecule has 0 aliphatic carbocycles. The predicted octanol–water partition coefficient (Wildman–Crippen LogP) is 2.55. The van der Waals surface area contributed by atoms with Gasteiger partial charge in [-0.1, -0.05) is 12.5 Å². The van der Waals surface area contributed by atoms with Gasteiger partial charge in [-0.15, -0.1) is 0 Å². The molecule has 2 rings (SSSR count). The van der Waals surface area contributed by atoms with Crippen molar-refractivity contribution in [1.29, 1.82) is 0 Å². The summed E-state index contributed by atoms with van der Waals surface area (Å²) in [7, 11) is -3.63. The second-order valence-corrected chi connectivity index (χ2v) is 10.5. The molecule has 2 amide bonds. The molecule has 8 heteroatoms. The van der Waals surface area contributed by atoms with Crippen LogP contribution < -0.4 is 5.32 Å². The molecule has 0 unspecified atom stereocenters. The van der Waals surface area contributed by atoms with Gasteiger partial charge in [-0.05, 0) is 65.2 Å². The predicted molar refractivity (Wildman–Crippen MR) is 113 cm³/mol. The minimum atomic E-state index is -3.63. The van der Waals surface area contributed by atoms with E-state index < -0.39 is 15.6 Å². The van der Waals surface area contributed by atoms with E-state index in [1.165, 1.54) is 15.3 Å². The average molecular weight is 424 g/mol. The molecule has 7 nitrogen and oxygen atoms in total. The third-order valence-corrected chi connectivity index (χ3v) is 6.80. The Labute approximate surface area is 174 Å². The fraction of sp³-hybridized carbons (Fsp3) is 0.619. The van der Waals surface area contributed by atoms with Crippen LogP contribution in [0.4, 0.5) is 0 Å². The second kappa shape index (κ2) is 9.26. The number of benzene rings is 1. The highest BCUT2D eigenvalue weighted by Crippen LogP contribution is 2.23. The molecule has 1 heterocycles. The van der Waals surface area contributed by atoms with E-state index in [4.69, 9.17) is 0 Å². The van der Waals surface area contributed by atoms with Gasteiger partial charge in [-0.25, -0.2) is 8.42 Å². The van der Waals surface area contributed by atoms with Crippen molar-refractivity contribution < 1.29 is 18.0 Å². The highest BCUT2D eigenvalue weighted by atomic mass is 32.2. The number of amides is 2. The number of hydrogen-bond donors (Lipinski definition) is 1. The first-order valence-electron chi connectivity index (χ1n) is 10.2. The number of piperidine rings is 1. The first-order valence-corrected chi connectivity index (χ1v) is 11.6. The summed E-state index contributed by atoms with van der Waals surface area (Å²) >= 11 is 0. The number of sulfonamides is 1. The van der Waals surface area contributed by atoms with Crippen LogP contribution in [0.15, 0.2) is 23.1 Å². The fourth-order valence-corrected chi connectivity index (χ4v) is 4.92. The molecular formula is C21H33N3O4S. The molecular weight excluding hydrogens is 390 g/mol. The number of carbonyl (C=O) groups excluding carboxylic acids is 2. The summed E-state index contributed by atoms with van der Waals surface area (Å²) < 4.78 is 27.5. The van der Waals surface area contributed by atoms with E-state index in [0.717, 1.165) is 19.3 Å². The van der Waals surface area contributed by atoms with Crippen molar-refractivity contribution in [2.75, 3.05) is 26.2 Å². The largest absolute Gasteiger partial charge is 0.350 e. The van der Waals surface area contributed by atoms with Crippen LogP contribution in [0, 0.1) is 6.92 Å². The molecule has 0 bridgehead atoms. The van der Waals surface area contributed by atoms with Crippen LogP contribution in [0.2, 0.25) is 0 Å². The van der Waals surface area contributed by atoms with Crippen molar-refractivity contribution in [1.82, 2.24) is 14.5 Å². The van der Waals surface area contributed by atoms with Gasteiger partial charge in [0.1, 0.15) is 0 Å². The van der Waals surface area contributed by atoms with Crippen LogP contribution in [0.1, 0.15) is 62.9 Å². The van der Waals surface area contributed by atoms with Crippen molar-refractivity contribution in [3.05, 3.63) is 29.3 Å². The normalized spacial score (nSPS) is 15.8. The Kier molecular flexibility index (Phi) is 7.45. The van der Waals surface area contributed by atoms with Gasteiger partial charge < -0.3 is 10.2 Å². The molecule has 1 saturated heterocycles. The summed E-state index contributed by atoms with van der Waals surface area (Å²) in [5.41, 5.74) is 0.605. The zero-order valence-electron chi connectivity index (χ0n) is 18.1. The monoisotopic (exact) mass is 423 g/mol. The molecule has 1 N–H and O–H groups in total. The van der Waals surface area contributed by atoms with E-state index >= 15 is 0 Å². The van der Waals surface area contributed by atoms with Crippen LogP contribution in [-0.2, 0) is 14.8 Å². The quantitative estimate of drug-likeness (QED) is 0.762. The van der Waals surface area contributed by atoms with Gasteiger partial charge in [0.05, 0.1) is 11.4 Å². The van der Waals surface area contributed by atoms with E-state index in [-0.39, 0.29) is 23.3 Å². The van der Waals surface area contributed by atoms with Crippen LogP contribution in [0.5, 0.6) is 0 Å². The van der Waals surface area contributed by atoms with Crippen LogP contribution in [-0.4, -0.2) is 61.2 Å². The third kappa shape index (κ3) is 6.02. The fourth-order valence-electron chi connectivity index (χ4n) is 3.37. The summed E-state index contributed by atoms with van der Waals surface area (Å²) in [4.78, 5) is 26.9. The van der Waals surface area contributed by atoms with Gasteiger partial charge in [0.25, 0.3) is 5.91 Å². The van der Waals surface area contributed by atoms with Crippen LogP contribution >= 0.6 is 0 Å². The van der Waals surface area contributed by atoms with Crippen molar-refractivity contribution in [3.63, 3.8) is 0 Å². The maximum Gasteiger partial charge on any atom is 0.254 e. The van der Waals surface area contributed by atoms with E-state index in [0.29, 0.717) is 30.8 Å². The minimum absolute atomic E-state index is 0.0743. The smallest absolute Gasteiger partial charge is 0.254 e. The molecule has 1 aromatic carbocycles. The molecule has 1 fully saturated rings. The topological polar surface area (TPSA) is 86.8 Å². The lowest BCUT2D eigenvalue weighted by molar-refractivity contribution is -0.123. The zero-order valence-corrected chi connectivity index (χ0v) is 18.9. The average Bonchev–Trinajstić information content (AvgIpc) is 2.65. The van der Waals surface area contributed by atoms with E-state index in [2.05, 4.69) is 5.32 Å². The Balaban J connectivity index is 2.27. The summed E-state index contributed by atoms with van der Waals surface area (Å²) in [6.07, 6.45) is 2.73. The van der Waals surface area contributed by atoms with Gasteiger partial charge in [-0.3, -0.25) is 9.59 Å². The molecule has 1 aliphatic heterocycles. The Morgan fingerprint density at radius 2 is 1.76 bits per heavy atom. The molecule has 0 spiro atoms. The first kappa shape index (κ1) is 23.3. The van der Waals surface area contributed by atoms with Crippen molar-refractivity contribution in [2.24, 2.45) is 0 Å². The number of aryl methyl sites for hydroxylation is 1. The Morgan fingerprint density at radius 1 is 1.14 bits per heavy atom. The summed E-state index contributed by atoms with van der Waals surface area (Å²) in [6.45, 7) is 10.5. The molecule has 1 aromatic rings. The summed E-state index contributed by atoms with van der Waals surface area (Å²) in [6, 6.07) is 4.66. The maximum absolute atomic E-state index is 13.1. The Morgan fingerprint density at radius 3 is 2.31 bits per heavy atom. The number of hydrogen-bond acceptors (Lipinski definition) is 4. The van der Waals surface area contributed by atoms with Gasteiger partial charge in [-0.2, -0.15) is 4.31 Å². The van der Waals surface area contributed by atoms with Gasteiger partial charge in [0.15, 0.2) is 0 Å².